The number of nitrogens with zero attached hydrogens (tertiary/aromatic N) is 2. The molecular formula is C25H28N2O4. The Balaban J connectivity index is 1.31. The van der Waals surface area contributed by atoms with Gasteiger partial charge in [-0.15, -0.1) is 0 Å². The minimum atomic E-state index is 0.0488. The molecule has 31 heavy (non-hydrogen) atoms. The largest absolute Gasteiger partial charge is 0.493 e. The van der Waals surface area contributed by atoms with E-state index in [1.807, 2.05) is 41.3 Å². The fraction of sp³-hybridized carbons (Fsp3) is 0.400. The average molecular weight is 421 g/mol. The molecule has 0 bridgehead atoms. The van der Waals surface area contributed by atoms with Crippen molar-refractivity contribution in [3.05, 3.63) is 65.2 Å². The summed E-state index contributed by atoms with van der Waals surface area (Å²) in [6, 6.07) is 16.2. The molecule has 0 N–H and O–H groups in total. The van der Waals surface area contributed by atoms with Gasteiger partial charge in [0.05, 0.1) is 32.3 Å². The number of methoxy groups -OCH3 is 1. The molecule has 3 aliphatic rings. The molecule has 5 rings (SSSR count). The summed E-state index contributed by atoms with van der Waals surface area (Å²) in [6.45, 7) is 4.12. The van der Waals surface area contributed by atoms with E-state index in [4.69, 9.17) is 14.2 Å². The third kappa shape index (κ3) is 4.18. The zero-order valence-corrected chi connectivity index (χ0v) is 17.8. The van der Waals surface area contributed by atoms with E-state index in [9.17, 15) is 4.79 Å². The molecule has 0 saturated carbocycles. The van der Waals surface area contributed by atoms with Gasteiger partial charge in [0.25, 0.3) is 0 Å². The zero-order chi connectivity index (χ0) is 21.2. The Kier molecular flexibility index (Phi) is 5.66. The highest BCUT2D eigenvalue weighted by Crippen LogP contribution is 2.36. The first-order valence-corrected chi connectivity index (χ1v) is 10.9. The van der Waals surface area contributed by atoms with Crippen LogP contribution in [0.15, 0.2) is 54.1 Å². The number of hydrogen-bond donors (Lipinski definition) is 0. The second kappa shape index (κ2) is 8.73. The van der Waals surface area contributed by atoms with Crippen molar-refractivity contribution in [1.82, 2.24) is 9.80 Å². The number of likely N-dealkylation sites (tertiary alicyclic amines) is 1. The molecule has 2 aromatic carbocycles. The topological polar surface area (TPSA) is 51.2 Å². The molecule has 0 spiro atoms. The van der Waals surface area contributed by atoms with E-state index in [1.165, 1.54) is 5.57 Å². The lowest BCUT2D eigenvalue weighted by Gasteiger charge is -2.30. The van der Waals surface area contributed by atoms with Gasteiger partial charge in [-0.2, -0.15) is 0 Å². The summed E-state index contributed by atoms with van der Waals surface area (Å²) in [6.07, 6.45) is 2.70. The molecule has 0 unspecified atom stereocenters. The van der Waals surface area contributed by atoms with Crippen molar-refractivity contribution in [2.45, 2.75) is 25.1 Å². The highest BCUT2D eigenvalue weighted by molar-refractivity contribution is 5.77. The fourth-order valence-corrected chi connectivity index (χ4v) is 4.80. The van der Waals surface area contributed by atoms with E-state index in [0.717, 1.165) is 42.3 Å². The van der Waals surface area contributed by atoms with Crippen molar-refractivity contribution in [3.63, 3.8) is 0 Å². The first kappa shape index (κ1) is 20.1. The predicted molar refractivity (Wildman–Crippen MR) is 118 cm³/mol. The number of rotatable bonds is 5. The third-order valence-corrected chi connectivity index (χ3v) is 6.29. The van der Waals surface area contributed by atoms with Gasteiger partial charge < -0.3 is 19.1 Å². The van der Waals surface area contributed by atoms with Crippen LogP contribution in [-0.2, 0) is 16.1 Å². The number of fused-ring (bicyclic) bond motifs is 2. The van der Waals surface area contributed by atoms with Crippen LogP contribution in [0.1, 0.15) is 17.5 Å². The second-order valence-corrected chi connectivity index (χ2v) is 8.40. The van der Waals surface area contributed by atoms with Crippen molar-refractivity contribution in [2.75, 3.05) is 40.0 Å². The third-order valence-electron chi connectivity index (χ3n) is 6.29. The highest BCUT2D eigenvalue weighted by Gasteiger charge is 2.41. The van der Waals surface area contributed by atoms with Gasteiger partial charge in [-0.3, -0.25) is 9.69 Å². The number of carbonyl (C=O) groups is 1. The van der Waals surface area contributed by atoms with Crippen LogP contribution in [0.25, 0.3) is 6.08 Å². The van der Waals surface area contributed by atoms with Gasteiger partial charge in [-0.25, -0.2) is 0 Å². The Labute approximate surface area is 183 Å². The maximum absolute atomic E-state index is 12.8. The van der Waals surface area contributed by atoms with Crippen LogP contribution in [0.4, 0.5) is 0 Å². The van der Waals surface area contributed by atoms with Gasteiger partial charge in [0.1, 0.15) is 6.61 Å². The van der Waals surface area contributed by atoms with E-state index < -0.39 is 0 Å². The van der Waals surface area contributed by atoms with E-state index in [2.05, 4.69) is 23.1 Å². The summed E-state index contributed by atoms with van der Waals surface area (Å²) in [4.78, 5) is 17.2. The molecule has 6 heteroatoms. The van der Waals surface area contributed by atoms with Gasteiger partial charge in [0, 0.05) is 31.7 Å². The lowest BCUT2D eigenvalue weighted by Crippen LogP contribution is -2.45. The summed E-state index contributed by atoms with van der Waals surface area (Å²) < 4.78 is 17.5. The number of benzene rings is 2. The quantitative estimate of drug-likeness (QED) is 0.745. The Morgan fingerprint density at radius 3 is 2.77 bits per heavy atom. The number of amides is 1. The summed E-state index contributed by atoms with van der Waals surface area (Å²) >= 11 is 0. The molecule has 2 saturated heterocycles. The van der Waals surface area contributed by atoms with Gasteiger partial charge in [-0.1, -0.05) is 42.5 Å². The maximum atomic E-state index is 12.8. The van der Waals surface area contributed by atoms with Crippen molar-refractivity contribution < 1.29 is 19.0 Å². The number of para-hydroxylation sites is 1. The molecular weight excluding hydrogens is 392 g/mol. The van der Waals surface area contributed by atoms with Gasteiger partial charge in [-0.05, 0) is 23.3 Å². The molecule has 1 amide bonds. The Morgan fingerprint density at radius 1 is 1.06 bits per heavy atom. The van der Waals surface area contributed by atoms with E-state index in [0.29, 0.717) is 26.2 Å². The van der Waals surface area contributed by atoms with E-state index in [1.54, 1.807) is 7.11 Å². The van der Waals surface area contributed by atoms with Crippen molar-refractivity contribution in [1.29, 1.82) is 0 Å². The van der Waals surface area contributed by atoms with Crippen LogP contribution in [-0.4, -0.2) is 67.8 Å². The van der Waals surface area contributed by atoms with Gasteiger partial charge in [0.2, 0.25) is 5.91 Å². The summed E-state index contributed by atoms with van der Waals surface area (Å²) in [5.74, 6) is 1.75. The number of hydrogen-bond acceptors (Lipinski definition) is 5. The van der Waals surface area contributed by atoms with Crippen molar-refractivity contribution in [2.24, 2.45) is 0 Å². The minimum absolute atomic E-state index is 0.0488. The van der Waals surface area contributed by atoms with Gasteiger partial charge in [0.15, 0.2) is 11.5 Å². The van der Waals surface area contributed by atoms with Crippen LogP contribution in [0.2, 0.25) is 0 Å². The van der Waals surface area contributed by atoms with Crippen LogP contribution in [0, 0.1) is 0 Å². The molecule has 0 radical (unpaired) electrons. The molecule has 6 nitrogen and oxygen atoms in total. The Bertz CT molecular complexity index is 975. The molecule has 162 valence electrons. The summed E-state index contributed by atoms with van der Waals surface area (Å²) in [5, 5.41) is 0. The minimum Gasteiger partial charge on any atom is -0.493 e. The molecule has 0 aromatic heterocycles. The standard InChI is InChI=1S/C25H28N2O4/c1-29-22-9-5-8-20-12-19(17-31-25(20)22)13-26-15-21-23(16-26)30-11-10-24(28)27(21)14-18-6-3-2-4-7-18/h2-9,12,21,23H,10-11,13-17H2,1H3/t21-,23-/m0/s1. The van der Waals surface area contributed by atoms with E-state index in [-0.39, 0.29) is 18.1 Å². The van der Waals surface area contributed by atoms with Crippen LogP contribution < -0.4 is 9.47 Å². The number of ether oxygens (including phenoxy) is 3. The van der Waals surface area contributed by atoms with E-state index >= 15 is 0 Å². The first-order valence-electron chi connectivity index (χ1n) is 10.9. The zero-order valence-electron chi connectivity index (χ0n) is 17.8. The van der Waals surface area contributed by atoms with Crippen LogP contribution >= 0.6 is 0 Å². The predicted octanol–water partition coefficient (Wildman–Crippen LogP) is 2.97. The number of carbonyl (C=O) groups excluding carboxylic acids is 1. The summed E-state index contributed by atoms with van der Waals surface area (Å²) in [5.41, 5.74) is 3.42. The second-order valence-electron chi connectivity index (χ2n) is 8.40. The fourth-order valence-electron chi connectivity index (χ4n) is 4.80. The molecule has 2 fully saturated rings. The Hall–Kier alpha value is -2.83. The highest BCUT2D eigenvalue weighted by atomic mass is 16.5. The molecule has 3 heterocycles. The summed E-state index contributed by atoms with van der Waals surface area (Å²) in [7, 11) is 1.66. The Morgan fingerprint density at radius 2 is 1.94 bits per heavy atom. The first-order chi connectivity index (χ1) is 15.2. The van der Waals surface area contributed by atoms with Crippen molar-refractivity contribution >= 4 is 12.0 Å². The maximum Gasteiger partial charge on any atom is 0.225 e. The smallest absolute Gasteiger partial charge is 0.225 e. The average Bonchev–Trinajstić information content (AvgIpc) is 3.13. The monoisotopic (exact) mass is 420 g/mol. The molecule has 2 atom stereocenters. The van der Waals surface area contributed by atoms with Gasteiger partial charge >= 0.3 is 0 Å². The molecule has 3 aliphatic heterocycles. The van der Waals surface area contributed by atoms with Crippen molar-refractivity contribution in [3.8, 4) is 11.5 Å². The van der Waals surface area contributed by atoms with Crippen LogP contribution in [0.5, 0.6) is 11.5 Å². The van der Waals surface area contributed by atoms with Crippen LogP contribution in [0.3, 0.4) is 0 Å². The SMILES string of the molecule is COc1cccc2c1OCC(CN1C[C@@H]3OCCC(=O)N(Cc4ccccc4)[C@H]3C1)=C2. The molecule has 0 aliphatic carbocycles. The normalized spacial score (nSPS) is 23.5. The lowest BCUT2D eigenvalue weighted by atomic mass is 10.1. The lowest BCUT2D eigenvalue weighted by molar-refractivity contribution is -0.133. The molecule has 2 aromatic rings.